The molecule has 138 valence electrons. The van der Waals surface area contributed by atoms with E-state index in [1.807, 2.05) is 0 Å². The van der Waals surface area contributed by atoms with Crippen LogP contribution in [0.4, 0.5) is 8.78 Å². The van der Waals surface area contributed by atoms with Crippen LogP contribution >= 0.6 is 11.6 Å². The van der Waals surface area contributed by atoms with Gasteiger partial charge in [-0.3, -0.25) is 9.59 Å². The average molecular weight is 390 g/mol. The summed E-state index contributed by atoms with van der Waals surface area (Å²) in [6, 6.07) is 12.8. The molecule has 5 nitrogen and oxygen atoms in total. The van der Waals surface area contributed by atoms with Crippen molar-refractivity contribution in [3.63, 3.8) is 0 Å². The Hall–Kier alpha value is -3.06. The zero-order valence-corrected chi connectivity index (χ0v) is 14.7. The van der Waals surface area contributed by atoms with Crippen LogP contribution in [-0.4, -0.2) is 15.7 Å². The number of nitrogens with one attached hydrogen (secondary N) is 1. The van der Waals surface area contributed by atoms with Crippen molar-refractivity contribution in [3.05, 3.63) is 87.2 Å². The van der Waals surface area contributed by atoms with Gasteiger partial charge < -0.3 is 5.32 Å². The van der Waals surface area contributed by atoms with Crippen LogP contribution in [0.5, 0.6) is 0 Å². The largest absolute Gasteiger partial charge is 0.350 e. The number of hydrogen-bond acceptors (Lipinski definition) is 3. The maximum Gasteiger partial charge on any atom is 0.267 e. The van der Waals surface area contributed by atoms with E-state index in [0.29, 0.717) is 10.7 Å². The molecule has 27 heavy (non-hydrogen) atoms. The van der Waals surface area contributed by atoms with Crippen molar-refractivity contribution in [2.45, 2.75) is 13.1 Å². The Morgan fingerprint density at radius 3 is 2.52 bits per heavy atom. The van der Waals surface area contributed by atoms with Crippen LogP contribution < -0.4 is 10.9 Å². The van der Waals surface area contributed by atoms with Crippen molar-refractivity contribution in [1.82, 2.24) is 15.1 Å². The fourth-order valence-corrected chi connectivity index (χ4v) is 2.51. The SMILES string of the molecule is O=C(Cn1nc(-c2ccc(Cl)cc2)ccc1=O)NCc1ccc(F)cc1F. The Kier molecular flexibility index (Phi) is 5.61. The highest BCUT2D eigenvalue weighted by molar-refractivity contribution is 6.30. The van der Waals surface area contributed by atoms with E-state index < -0.39 is 23.1 Å². The van der Waals surface area contributed by atoms with Crippen LogP contribution in [-0.2, 0) is 17.9 Å². The van der Waals surface area contributed by atoms with Crippen molar-refractivity contribution in [2.75, 3.05) is 0 Å². The summed E-state index contributed by atoms with van der Waals surface area (Å²) in [4.78, 5) is 24.0. The van der Waals surface area contributed by atoms with Gasteiger partial charge in [0.25, 0.3) is 5.56 Å². The molecular weight excluding hydrogens is 376 g/mol. The molecule has 0 bridgehead atoms. The lowest BCUT2D eigenvalue weighted by molar-refractivity contribution is -0.122. The standard InChI is InChI=1S/C19H14ClF2N3O2/c20-14-4-1-12(2-5-14)17-7-8-19(27)25(24-17)11-18(26)23-10-13-3-6-15(21)9-16(13)22/h1-9H,10-11H2,(H,23,26). The Bertz CT molecular complexity index is 1040. The topological polar surface area (TPSA) is 64.0 Å². The first kappa shape index (κ1) is 18.7. The molecule has 0 fully saturated rings. The molecule has 1 N–H and O–H groups in total. The third-order valence-corrected chi connectivity index (χ3v) is 4.04. The molecule has 0 aliphatic carbocycles. The maximum atomic E-state index is 13.6. The minimum atomic E-state index is -0.754. The van der Waals surface area contributed by atoms with Gasteiger partial charge in [-0.1, -0.05) is 29.8 Å². The summed E-state index contributed by atoms with van der Waals surface area (Å²) in [6.45, 7) is -0.459. The lowest BCUT2D eigenvalue weighted by atomic mass is 10.1. The summed E-state index contributed by atoms with van der Waals surface area (Å²) in [6.07, 6.45) is 0. The minimum absolute atomic E-state index is 0.128. The number of hydrogen-bond donors (Lipinski definition) is 1. The van der Waals surface area contributed by atoms with E-state index in [0.717, 1.165) is 22.4 Å². The van der Waals surface area contributed by atoms with Gasteiger partial charge in [0.1, 0.15) is 18.2 Å². The smallest absolute Gasteiger partial charge is 0.267 e. The molecule has 0 atom stereocenters. The molecule has 0 saturated carbocycles. The number of amides is 1. The first-order valence-corrected chi connectivity index (χ1v) is 8.35. The van der Waals surface area contributed by atoms with E-state index in [-0.39, 0.29) is 18.7 Å². The molecule has 0 saturated heterocycles. The Labute approximate surface area is 158 Å². The third kappa shape index (κ3) is 4.77. The second-order valence-electron chi connectivity index (χ2n) is 5.73. The predicted octanol–water partition coefficient (Wildman–Crippen LogP) is 3.16. The Morgan fingerprint density at radius 2 is 1.81 bits per heavy atom. The minimum Gasteiger partial charge on any atom is -0.350 e. The van der Waals surface area contributed by atoms with E-state index >= 15 is 0 Å². The van der Waals surface area contributed by atoms with Crippen molar-refractivity contribution in [3.8, 4) is 11.3 Å². The van der Waals surface area contributed by atoms with Gasteiger partial charge in [-0.15, -0.1) is 0 Å². The maximum absolute atomic E-state index is 13.6. The highest BCUT2D eigenvalue weighted by Gasteiger charge is 2.10. The number of halogens is 3. The summed E-state index contributed by atoms with van der Waals surface area (Å²) < 4.78 is 27.5. The molecule has 2 aromatic carbocycles. The predicted molar refractivity (Wildman–Crippen MR) is 97.1 cm³/mol. The van der Waals surface area contributed by atoms with Crippen molar-refractivity contribution in [1.29, 1.82) is 0 Å². The van der Waals surface area contributed by atoms with Gasteiger partial charge in [0.2, 0.25) is 5.91 Å². The Morgan fingerprint density at radius 1 is 1.07 bits per heavy atom. The lowest BCUT2D eigenvalue weighted by Gasteiger charge is -2.09. The molecule has 0 spiro atoms. The van der Waals surface area contributed by atoms with E-state index in [9.17, 15) is 18.4 Å². The molecule has 8 heteroatoms. The number of rotatable bonds is 5. The monoisotopic (exact) mass is 389 g/mol. The zero-order chi connectivity index (χ0) is 19.4. The van der Waals surface area contributed by atoms with Gasteiger partial charge in [-0.25, -0.2) is 13.5 Å². The number of aromatic nitrogens is 2. The molecular formula is C19H14ClF2N3O2. The molecule has 0 unspecified atom stereocenters. The van der Waals surface area contributed by atoms with Crippen molar-refractivity contribution in [2.24, 2.45) is 0 Å². The molecule has 0 radical (unpaired) electrons. The zero-order valence-electron chi connectivity index (χ0n) is 14.0. The molecule has 1 heterocycles. The normalized spacial score (nSPS) is 10.6. The summed E-state index contributed by atoms with van der Waals surface area (Å²) in [5.41, 5.74) is 0.932. The summed E-state index contributed by atoms with van der Waals surface area (Å²) >= 11 is 5.85. The summed E-state index contributed by atoms with van der Waals surface area (Å²) in [5, 5.41) is 7.22. The molecule has 1 amide bonds. The third-order valence-electron chi connectivity index (χ3n) is 3.79. The first-order valence-electron chi connectivity index (χ1n) is 7.97. The molecule has 1 aromatic heterocycles. The summed E-state index contributed by atoms with van der Waals surface area (Å²) in [5.74, 6) is -1.98. The van der Waals surface area contributed by atoms with Crippen molar-refractivity contribution >= 4 is 17.5 Å². The van der Waals surface area contributed by atoms with Crippen LogP contribution in [0.15, 0.2) is 59.4 Å². The highest BCUT2D eigenvalue weighted by atomic mass is 35.5. The first-order chi connectivity index (χ1) is 12.9. The second-order valence-corrected chi connectivity index (χ2v) is 6.17. The van der Waals surface area contributed by atoms with Gasteiger partial charge >= 0.3 is 0 Å². The van der Waals surface area contributed by atoms with E-state index in [4.69, 9.17) is 11.6 Å². The van der Waals surface area contributed by atoms with Crippen LogP contribution in [0.1, 0.15) is 5.56 Å². The Balaban J connectivity index is 1.71. The molecule has 3 rings (SSSR count). The second kappa shape index (κ2) is 8.09. The number of nitrogens with zero attached hydrogens (tertiary/aromatic N) is 2. The van der Waals surface area contributed by atoms with Crippen LogP contribution in [0.25, 0.3) is 11.3 Å². The quantitative estimate of drug-likeness (QED) is 0.729. The van der Waals surface area contributed by atoms with Gasteiger partial charge in [0.15, 0.2) is 0 Å². The van der Waals surface area contributed by atoms with Crippen LogP contribution in [0.2, 0.25) is 5.02 Å². The van der Waals surface area contributed by atoms with Gasteiger partial charge in [-0.05, 0) is 24.3 Å². The van der Waals surface area contributed by atoms with E-state index in [1.165, 1.54) is 12.1 Å². The molecule has 0 aliphatic rings. The lowest BCUT2D eigenvalue weighted by Crippen LogP contribution is -2.33. The van der Waals surface area contributed by atoms with Gasteiger partial charge in [0.05, 0.1) is 5.69 Å². The number of carbonyl (C=O) groups is 1. The number of carbonyl (C=O) groups excluding carboxylic acids is 1. The fraction of sp³-hybridized carbons (Fsp3) is 0.105. The highest BCUT2D eigenvalue weighted by Crippen LogP contribution is 2.18. The summed E-state index contributed by atoms with van der Waals surface area (Å²) in [7, 11) is 0. The van der Waals surface area contributed by atoms with Gasteiger partial charge in [-0.2, -0.15) is 5.10 Å². The fourth-order valence-electron chi connectivity index (χ4n) is 2.39. The molecule has 0 aliphatic heterocycles. The van der Waals surface area contributed by atoms with Crippen molar-refractivity contribution < 1.29 is 13.6 Å². The van der Waals surface area contributed by atoms with Gasteiger partial charge in [0, 0.05) is 34.8 Å². The van der Waals surface area contributed by atoms with Crippen LogP contribution in [0, 0.1) is 11.6 Å². The number of benzene rings is 2. The average Bonchev–Trinajstić information content (AvgIpc) is 2.63. The van der Waals surface area contributed by atoms with E-state index in [2.05, 4.69) is 10.4 Å². The van der Waals surface area contributed by atoms with Crippen LogP contribution in [0.3, 0.4) is 0 Å². The van der Waals surface area contributed by atoms with E-state index in [1.54, 1.807) is 30.3 Å². The molecule has 3 aromatic rings.